The van der Waals surface area contributed by atoms with Crippen molar-refractivity contribution in [2.24, 2.45) is 0 Å². The first kappa shape index (κ1) is 22.4. The van der Waals surface area contributed by atoms with Crippen LogP contribution in [-0.4, -0.2) is 46.6 Å². The van der Waals surface area contributed by atoms with Crippen molar-refractivity contribution in [1.29, 1.82) is 0 Å². The number of amides is 1. The molecule has 172 valence electrons. The van der Waals surface area contributed by atoms with Gasteiger partial charge in [0.05, 0.1) is 19.8 Å². The van der Waals surface area contributed by atoms with Gasteiger partial charge in [-0.2, -0.15) is 9.78 Å². The normalized spacial score (nSPS) is 15.4. The minimum atomic E-state index is -0.875. The molecule has 1 fully saturated rings. The van der Waals surface area contributed by atoms with Gasteiger partial charge in [0.1, 0.15) is 17.3 Å². The summed E-state index contributed by atoms with van der Waals surface area (Å²) in [7, 11) is 1.50. The van der Waals surface area contributed by atoms with Gasteiger partial charge in [0, 0.05) is 13.2 Å². The molecule has 2 aromatic carbocycles. The Labute approximate surface area is 188 Å². The Morgan fingerprint density at radius 2 is 2.06 bits per heavy atom. The molecule has 4 rings (SSSR count). The summed E-state index contributed by atoms with van der Waals surface area (Å²) >= 11 is 0. The summed E-state index contributed by atoms with van der Waals surface area (Å²) in [5, 5.41) is 6.57. The molecular weight excluding hydrogens is 431 g/mol. The van der Waals surface area contributed by atoms with E-state index in [1.807, 2.05) is 0 Å². The molecule has 1 aliphatic rings. The van der Waals surface area contributed by atoms with E-state index in [9.17, 15) is 18.8 Å². The Balaban J connectivity index is 1.78. The second-order valence-electron chi connectivity index (χ2n) is 7.58. The number of halogens is 1. The van der Waals surface area contributed by atoms with Crippen LogP contribution in [0.2, 0.25) is 0 Å². The van der Waals surface area contributed by atoms with E-state index in [4.69, 9.17) is 9.47 Å². The Bertz CT molecular complexity index is 1280. The molecule has 3 aromatic rings. The molecule has 0 bridgehead atoms. The number of ether oxygens (including phenoxy) is 2. The summed E-state index contributed by atoms with van der Waals surface area (Å²) in [5.74, 6) is -0.942. The number of nitrogens with zero attached hydrogens (tertiary/aromatic N) is 3. The fourth-order valence-corrected chi connectivity index (χ4v) is 3.63. The summed E-state index contributed by atoms with van der Waals surface area (Å²) in [6.07, 6.45) is 1.54. The molecule has 9 nitrogen and oxygen atoms in total. The minimum absolute atomic E-state index is 0.148. The number of hydrogen-bond donors (Lipinski definition) is 1. The standard InChI is InChI=1S/C23H23FN4O5/c1-32-16-7-4-6-15(12-16)14-27-22(30)20(21(29)25-13-17-8-5-11-33-17)26-28(23(27)31)19-10-3-2-9-18(19)24/h2-4,6-7,9-10,12,17H,5,8,11,13-14H2,1H3,(H,25,29). The molecule has 0 spiro atoms. The lowest BCUT2D eigenvalue weighted by molar-refractivity contribution is 0.0849. The van der Waals surface area contributed by atoms with Crippen LogP contribution < -0.4 is 21.3 Å². The highest BCUT2D eigenvalue weighted by Crippen LogP contribution is 2.14. The number of benzene rings is 2. The fourth-order valence-electron chi connectivity index (χ4n) is 3.63. The molecule has 10 heteroatoms. The molecule has 1 saturated heterocycles. The second kappa shape index (κ2) is 9.78. The quantitative estimate of drug-likeness (QED) is 0.580. The topological polar surface area (TPSA) is 104 Å². The van der Waals surface area contributed by atoms with Gasteiger partial charge in [-0.1, -0.05) is 24.3 Å². The van der Waals surface area contributed by atoms with E-state index in [1.54, 1.807) is 24.3 Å². The highest BCUT2D eigenvalue weighted by Gasteiger charge is 2.23. The molecule has 1 atom stereocenters. The van der Waals surface area contributed by atoms with Crippen molar-refractivity contribution in [2.45, 2.75) is 25.5 Å². The third-order valence-electron chi connectivity index (χ3n) is 5.34. The van der Waals surface area contributed by atoms with Crippen molar-refractivity contribution in [2.75, 3.05) is 20.3 Å². The van der Waals surface area contributed by atoms with Crippen molar-refractivity contribution in [3.8, 4) is 11.4 Å². The van der Waals surface area contributed by atoms with Gasteiger partial charge in [-0.3, -0.25) is 14.2 Å². The van der Waals surface area contributed by atoms with Crippen LogP contribution in [-0.2, 0) is 11.3 Å². The predicted octanol–water partition coefficient (Wildman–Crippen LogP) is 1.50. The highest BCUT2D eigenvalue weighted by atomic mass is 19.1. The van der Waals surface area contributed by atoms with Crippen LogP contribution in [0.3, 0.4) is 0 Å². The number of aromatic nitrogens is 3. The maximum atomic E-state index is 14.5. The van der Waals surface area contributed by atoms with E-state index in [1.165, 1.54) is 25.3 Å². The van der Waals surface area contributed by atoms with E-state index in [2.05, 4.69) is 10.4 Å². The number of hydrogen-bond acceptors (Lipinski definition) is 6. The summed E-state index contributed by atoms with van der Waals surface area (Å²) in [6, 6.07) is 12.3. The number of para-hydroxylation sites is 1. The van der Waals surface area contributed by atoms with Gasteiger partial charge in [0.25, 0.3) is 11.5 Å². The summed E-state index contributed by atoms with van der Waals surface area (Å²) in [5.41, 5.74) is -1.84. The minimum Gasteiger partial charge on any atom is -0.497 e. The Hall–Kier alpha value is -3.79. The van der Waals surface area contributed by atoms with E-state index in [0.29, 0.717) is 17.9 Å². The van der Waals surface area contributed by atoms with Crippen LogP contribution in [0, 0.1) is 5.82 Å². The average molecular weight is 454 g/mol. The Morgan fingerprint density at radius 3 is 2.79 bits per heavy atom. The second-order valence-corrected chi connectivity index (χ2v) is 7.58. The third-order valence-corrected chi connectivity index (χ3v) is 5.34. The summed E-state index contributed by atoms with van der Waals surface area (Å²) in [4.78, 5) is 39.1. The first-order valence-corrected chi connectivity index (χ1v) is 10.5. The molecule has 0 radical (unpaired) electrons. The third kappa shape index (κ3) is 4.85. The summed E-state index contributed by atoms with van der Waals surface area (Å²) < 4.78 is 26.8. The zero-order chi connectivity index (χ0) is 23.4. The number of nitrogens with one attached hydrogen (secondary N) is 1. The van der Waals surface area contributed by atoms with E-state index in [0.717, 1.165) is 28.2 Å². The number of methoxy groups -OCH3 is 1. The van der Waals surface area contributed by atoms with Crippen molar-refractivity contribution < 1.29 is 18.7 Å². The molecule has 1 N–H and O–H groups in total. The van der Waals surface area contributed by atoms with Crippen molar-refractivity contribution >= 4 is 5.91 Å². The van der Waals surface area contributed by atoms with E-state index < -0.39 is 28.7 Å². The van der Waals surface area contributed by atoms with Crippen LogP contribution in [0.25, 0.3) is 5.69 Å². The SMILES string of the molecule is COc1cccc(Cn2c(=O)c(C(=O)NCC3CCCO3)nn(-c3ccccc3F)c2=O)c1. The lowest BCUT2D eigenvalue weighted by Gasteiger charge is -2.14. The van der Waals surface area contributed by atoms with Gasteiger partial charge in [-0.25, -0.2) is 9.18 Å². The van der Waals surface area contributed by atoms with Gasteiger partial charge in [0.15, 0.2) is 0 Å². The van der Waals surface area contributed by atoms with Gasteiger partial charge < -0.3 is 14.8 Å². The van der Waals surface area contributed by atoms with Gasteiger partial charge in [-0.05, 0) is 42.7 Å². The first-order chi connectivity index (χ1) is 16.0. The highest BCUT2D eigenvalue weighted by molar-refractivity contribution is 5.91. The first-order valence-electron chi connectivity index (χ1n) is 10.5. The summed E-state index contributed by atoms with van der Waals surface area (Å²) in [6.45, 7) is 0.664. The van der Waals surface area contributed by atoms with Crippen molar-refractivity contribution in [3.63, 3.8) is 0 Å². The monoisotopic (exact) mass is 454 g/mol. The lowest BCUT2D eigenvalue weighted by atomic mass is 10.2. The lowest BCUT2D eigenvalue weighted by Crippen LogP contribution is -2.46. The maximum absolute atomic E-state index is 14.5. The van der Waals surface area contributed by atoms with Gasteiger partial charge in [-0.15, -0.1) is 0 Å². The molecular formula is C23H23FN4O5. The smallest absolute Gasteiger partial charge is 0.352 e. The Morgan fingerprint density at radius 1 is 1.24 bits per heavy atom. The van der Waals surface area contributed by atoms with Crippen LogP contribution in [0.4, 0.5) is 4.39 Å². The largest absolute Gasteiger partial charge is 0.497 e. The number of rotatable bonds is 7. The van der Waals surface area contributed by atoms with Crippen molar-refractivity contribution in [1.82, 2.24) is 19.7 Å². The van der Waals surface area contributed by atoms with Crippen LogP contribution in [0.5, 0.6) is 5.75 Å². The van der Waals surface area contributed by atoms with E-state index in [-0.39, 0.29) is 24.9 Å². The Kier molecular flexibility index (Phi) is 6.64. The molecule has 0 aliphatic carbocycles. The van der Waals surface area contributed by atoms with Gasteiger partial charge in [0.2, 0.25) is 5.69 Å². The molecule has 1 unspecified atom stereocenters. The molecule has 1 amide bonds. The predicted molar refractivity (Wildman–Crippen MR) is 117 cm³/mol. The van der Waals surface area contributed by atoms with Crippen molar-refractivity contribution in [3.05, 3.63) is 86.4 Å². The fraction of sp³-hybridized carbons (Fsp3) is 0.304. The number of carbonyl (C=O) groups is 1. The molecule has 0 saturated carbocycles. The molecule has 1 aliphatic heterocycles. The van der Waals surface area contributed by atoms with E-state index >= 15 is 0 Å². The molecule has 33 heavy (non-hydrogen) atoms. The molecule has 1 aromatic heterocycles. The van der Waals surface area contributed by atoms with Gasteiger partial charge >= 0.3 is 5.69 Å². The number of carbonyl (C=O) groups excluding carboxylic acids is 1. The molecule has 2 heterocycles. The van der Waals surface area contributed by atoms with Crippen LogP contribution in [0.15, 0.2) is 58.1 Å². The van der Waals surface area contributed by atoms with Crippen LogP contribution in [0.1, 0.15) is 28.9 Å². The maximum Gasteiger partial charge on any atom is 0.352 e. The zero-order valence-electron chi connectivity index (χ0n) is 18.0. The van der Waals surface area contributed by atoms with Crippen LogP contribution >= 0.6 is 0 Å². The zero-order valence-corrected chi connectivity index (χ0v) is 18.0. The average Bonchev–Trinajstić information content (AvgIpc) is 3.35.